The van der Waals surface area contributed by atoms with Gasteiger partial charge in [-0.1, -0.05) is 12.1 Å². The summed E-state index contributed by atoms with van der Waals surface area (Å²) in [5, 5.41) is 0. The number of rotatable bonds is 2. The third-order valence-electron chi connectivity index (χ3n) is 3.29. The lowest BCUT2D eigenvalue weighted by Gasteiger charge is -2.09. The molecular formula is C15H14FNO. The van der Waals surface area contributed by atoms with Crippen LogP contribution >= 0.6 is 0 Å². The zero-order chi connectivity index (χ0) is 12.5. The number of ether oxygens (including phenoxy) is 1. The van der Waals surface area contributed by atoms with Crippen LogP contribution in [0.1, 0.15) is 11.1 Å². The average Bonchev–Trinajstić information content (AvgIpc) is 2.85. The molecule has 2 N–H and O–H groups in total. The van der Waals surface area contributed by atoms with Crippen molar-refractivity contribution in [1.82, 2.24) is 0 Å². The molecule has 0 saturated heterocycles. The fourth-order valence-electron chi connectivity index (χ4n) is 2.35. The van der Waals surface area contributed by atoms with Crippen molar-refractivity contribution < 1.29 is 9.13 Å². The van der Waals surface area contributed by atoms with Crippen molar-refractivity contribution in [2.45, 2.75) is 13.0 Å². The second kappa shape index (κ2) is 4.42. The molecule has 0 bridgehead atoms. The molecule has 1 heterocycles. The Balaban J connectivity index is 2.12. The highest BCUT2D eigenvalue weighted by Crippen LogP contribution is 2.32. The first-order valence-electron chi connectivity index (χ1n) is 6.02. The molecule has 1 aliphatic heterocycles. The Hall–Kier alpha value is -1.87. The molecule has 2 aromatic rings. The maximum absolute atomic E-state index is 13.4. The zero-order valence-corrected chi connectivity index (χ0v) is 9.95. The normalized spacial score (nSPS) is 13.2. The molecule has 2 nitrogen and oxygen atoms in total. The van der Waals surface area contributed by atoms with Gasteiger partial charge < -0.3 is 10.5 Å². The van der Waals surface area contributed by atoms with E-state index in [0.717, 1.165) is 35.5 Å². The molecule has 0 atom stereocenters. The van der Waals surface area contributed by atoms with E-state index in [1.165, 1.54) is 11.6 Å². The van der Waals surface area contributed by atoms with Crippen LogP contribution in [0.3, 0.4) is 0 Å². The van der Waals surface area contributed by atoms with Gasteiger partial charge in [-0.2, -0.15) is 0 Å². The predicted octanol–water partition coefficient (Wildman–Crippen LogP) is 2.89. The highest BCUT2D eigenvalue weighted by Gasteiger charge is 2.14. The number of halogens is 1. The van der Waals surface area contributed by atoms with Gasteiger partial charge in [0, 0.05) is 13.0 Å². The van der Waals surface area contributed by atoms with E-state index in [1.54, 1.807) is 12.1 Å². The van der Waals surface area contributed by atoms with Gasteiger partial charge in [-0.05, 0) is 46.5 Å². The molecule has 0 fully saturated rings. The summed E-state index contributed by atoms with van der Waals surface area (Å²) in [7, 11) is 0. The minimum atomic E-state index is -0.237. The summed E-state index contributed by atoms with van der Waals surface area (Å²) in [6.07, 6.45) is 0.913. The molecule has 0 radical (unpaired) electrons. The van der Waals surface area contributed by atoms with Crippen LogP contribution in [-0.4, -0.2) is 6.61 Å². The molecule has 3 heteroatoms. The van der Waals surface area contributed by atoms with Crippen LogP contribution in [0.5, 0.6) is 5.75 Å². The first kappa shape index (κ1) is 11.2. The van der Waals surface area contributed by atoms with Gasteiger partial charge in [-0.25, -0.2) is 4.39 Å². The summed E-state index contributed by atoms with van der Waals surface area (Å²) >= 11 is 0. The molecule has 0 spiro atoms. The highest BCUT2D eigenvalue weighted by molar-refractivity contribution is 5.69. The largest absolute Gasteiger partial charge is 0.493 e. The van der Waals surface area contributed by atoms with Crippen LogP contribution in [0.2, 0.25) is 0 Å². The van der Waals surface area contributed by atoms with E-state index in [9.17, 15) is 4.39 Å². The lowest BCUT2D eigenvalue weighted by molar-refractivity contribution is 0.357. The van der Waals surface area contributed by atoms with Crippen molar-refractivity contribution in [2.75, 3.05) is 6.61 Å². The molecule has 0 aromatic heterocycles. The topological polar surface area (TPSA) is 35.2 Å². The lowest BCUT2D eigenvalue weighted by atomic mass is 9.97. The Morgan fingerprint density at radius 1 is 1.17 bits per heavy atom. The molecule has 0 amide bonds. The van der Waals surface area contributed by atoms with Gasteiger partial charge >= 0.3 is 0 Å². The number of benzene rings is 2. The summed E-state index contributed by atoms with van der Waals surface area (Å²) < 4.78 is 18.8. The van der Waals surface area contributed by atoms with Crippen LogP contribution in [0.25, 0.3) is 11.1 Å². The lowest BCUT2D eigenvalue weighted by Crippen LogP contribution is -1.99. The van der Waals surface area contributed by atoms with Crippen molar-refractivity contribution in [3.05, 3.63) is 53.3 Å². The summed E-state index contributed by atoms with van der Waals surface area (Å²) in [6, 6.07) is 10.7. The minimum Gasteiger partial charge on any atom is -0.493 e. The standard InChI is InChI=1S/C15H14FNO/c16-13-3-1-12(9-17)14(8-13)10-2-4-15-11(7-10)5-6-18-15/h1-4,7-8H,5-6,9,17H2. The predicted molar refractivity (Wildman–Crippen MR) is 68.9 cm³/mol. The van der Waals surface area contributed by atoms with E-state index in [4.69, 9.17) is 10.5 Å². The zero-order valence-electron chi connectivity index (χ0n) is 9.95. The summed E-state index contributed by atoms with van der Waals surface area (Å²) in [5.74, 6) is 0.698. The molecule has 0 saturated carbocycles. The number of fused-ring (bicyclic) bond motifs is 1. The van der Waals surface area contributed by atoms with Gasteiger partial charge in [0.1, 0.15) is 11.6 Å². The van der Waals surface area contributed by atoms with Crippen LogP contribution in [-0.2, 0) is 13.0 Å². The molecular weight excluding hydrogens is 229 g/mol. The maximum atomic E-state index is 13.4. The van der Waals surface area contributed by atoms with Crippen molar-refractivity contribution in [2.24, 2.45) is 5.73 Å². The van der Waals surface area contributed by atoms with Gasteiger partial charge in [0.25, 0.3) is 0 Å². The quantitative estimate of drug-likeness (QED) is 0.880. The fourth-order valence-corrected chi connectivity index (χ4v) is 2.35. The van der Waals surface area contributed by atoms with E-state index in [2.05, 4.69) is 6.07 Å². The average molecular weight is 243 g/mol. The third-order valence-corrected chi connectivity index (χ3v) is 3.29. The fraction of sp³-hybridized carbons (Fsp3) is 0.200. The van der Waals surface area contributed by atoms with Crippen molar-refractivity contribution in [1.29, 1.82) is 0 Å². The third kappa shape index (κ3) is 1.87. The van der Waals surface area contributed by atoms with E-state index >= 15 is 0 Å². The van der Waals surface area contributed by atoms with E-state index < -0.39 is 0 Å². The van der Waals surface area contributed by atoms with Gasteiger partial charge in [-0.3, -0.25) is 0 Å². The molecule has 0 unspecified atom stereocenters. The Morgan fingerprint density at radius 2 is 2.06 bits per heavy atom. The summed E-state index contributed by atoms with van der Waals surface area (Å²) in [5.41, 5.74) is 9.71. The summed E-state index contributed by atoms with van der Waals surface area (Å²) in [4.78, 5) is 0. The molecule has 92 valence electrons. The van der Waals surface area contributed by atoms with E-state index in [0.29, 0.717) is 6.54 Å². The van der Waals surface area contributed by atoms with Crippen LogP contribution in [0, 0.1) is 5.82 Å². The maximum Gasteiger partial charge on any atom is 0.123 e. The van der Waals surface area contributed by atoms with E-state index in [1.807, 2.05) is 12.1 Å². The first-order chi connectivity index (χ1) is 8.78. The van der Waals surface area contributed by atoms with Gasteiger partial charge in [-0.15, -0.1) is 0 Å². The second-order valence-corrected chi connectivity index (χ2v) is 4.43. The molecule has 3 rings (SSSR count). The number of hydrogen-bond acceptors (Lipinski definition) is 2. The molecule has 1 aliphatic rings. The Kier molecular flexibility index (Phi) is 2.76. The monoisotopic (exact) mass is 243 g/mol. The van der Waals surface area contributed by atoms with E-state index in [-0.39, 0.29) is 5.82 Å². The molecule has 0 aliphatic carbocycles. The highest BCUT2D eigenvalue weighted by atomic mass is 19.1. The Morgan fingerprint density at radius 3 is 2.89 bits per heavy atom. The second-order valence-electron chi connectivity index (χ2n) is 4.43. The van der Waals surface area contributed by atoms with Crippen LogP contribution in [0.4, 0.5) is 4.39 Å². The molecule has 18 heavy (non-hydrogen) atoms. The van der Waals surface area contributed by atoms with Crippen molar-refractivity contribution in [3.63, 3.8) is 0 Å². The Labute approximate surface area is 105 Å². The van der Waals surface area contributed by atoms with Gasteiger partial charge in [0.15, 0.2) is 0 Å². The number of nitrogens with two attached hydrogens (primary N) is 1. The van der Waals surface area contributed by atoms with Crippen molar-refractivity contribution >= 4 is 0 Å². The molecule has 2 aromatic carbocycles. The van der Waals surface area contributed by atoms with Gasteiger partial charge in [0.2, 0.25) is 0 Å². The van der Waals surface area contributed by atoms with Gasteiger partial charge in [0.05, 0.1) is 6.61 Å². The van der Waals surface area contributed by atoms with Crippen LogP contribution in [0.15, 0.2) is 36.4 Å². The van der Waals surface area contributed by atoms with Crippen LogP contribution < -0.4 is 10.5 Å². The minimum absolute atomic E-state index is 0.237. The Bertz CT molecular complexity index is 595. The summed E-state index contributed by atoms with van der Waals surface area (Å²) in [6.45, 7) is 1.13. The first-order valence-corrected chi connectivity index (χ1v) is 6.02. The number of hydrogen-bond donors (Lipinski definition) is 1. The SMILES string of the molecule is NCc1ccc(F)cc1-c1ccc2c(c1)CCO2. The smallest absolute Gasteiger partial charge is 0.123 e. The van der Waals surface area contributed by atoms with Crippen molar-refractivity contribution in [3.8, 4) is 16.9 Å².